The molecule has 1 atom stereocenters. The van der Waals surface area contributed by atoms with Gasteiger partial charge in [0.2, 0.25) is 10.0 Å². The molecule has 0 amide bonds. The van der Waals surface area contributed by atoms with E-state index in [1.807, 2.05) is 7.05 Å². The van der Waals surface area contributed by atoms with Crippen molar-refractivity contribution in [3.63, 3.8) is 0 Å². The molecule has 8 heteroatoms. The lowest BCUT2D eigenvalue weighted by Gasteiger charge is -2.23. The van der Waals surface area contributed by atoms with Crippen LogP contribution in [0.15, 0.2) is 23.1 Å². The average Bonchev–Trinajstić information content (AvgIpc) is 3.06. The van der Waals surface area contributed by atoms with Crippen molar-refractivity contribution in [1.29, 1.82) is 0 Å². The number of nitrogens with zero attached hydrogens (tertiary/aromatic N) is 3. The molecule has 2 heterocycles. The number of likely N-dealkylation sites (N-methyl/N-ethyl adjacent to an activating group) is 1. The monoisotopic (exact) mass is 312 g/mol. The van der Waals surface area contributed by atoms with Crippen molar-refractivity contribution in [1.82, 2.24) is 18.4 Å². The average molecular weight is 312 g/mol. The fraction of sp³-hybridized carbons (Fsp3) is 0.500. The molecule has 6 nitrogen and oxygen atoms in total. The Morgan fingerprint density at radius 1 is 1.45 bits per heavy atom. The van der Waals surface area contributed by atoms with Crippen LogP contribution in [0.25, 0.3) is 11.0 Å². The molecule has 3 rings (SSSR count). The highest BCUT2D eigenvalue weighted by Crippen LogP contribution is 2.29. The van der Waals surface area contributed by atoms with Crippen molar-refractivity contribution in [2.75, 3.05) is 20.1 Å². The van der Waals surface area contributed by atoms with E-state index in [-0.39, 0.29) is 10.9 Å². The Bertz CT molecular complexity index is 713. The molecule has 0 aliphatic carbocycles. The SMILES string of the molecule is CNCC1CCCN1S(=O)(=O)c1cccc2nsnc12. The van der Waals surface area contributed by atoms with Crippen LogP contribution >= 0.6 is 11.7 Å². The van der Waals surface area contributed by atoms with Crippen molar-refractivity contribution in [3.05, 3.63) is 18.2 Å². The van der Waals surface area contributed by atoms with Crippen LogP contribution in [0, 0.1) is 0 Å². The zero-order valence-electron chi connectivity index (χ0n) is 11.1. The summed E-state index contributed by atoms with van der Waals surface area (Å²) in [5.41, 5.74) is 1.12. The van der Waals surface area contributed by atoms with Crippen molar-refractivity contribution in [2.45, 2.75) is 23.8 Å². The number of nitrogens with one attached hydrogen (secondary N) is 1. The van der Waals surface area contributed by atoms with Crippen molar-refractivity contribution in [2.24, 2.45) is 0 Å². The maximum Gasteiger partial charge on any atom is 0.245 e. The fourth-order valence-electron chi connectivity index (χ4n) is 2.68. The predicted molar refractivity (Wildman–Crippen MR) is 78.3 cm³/mol. The quantitative estimate of drug-likeness (QED) is 0.914. The van der Waals surface area contributed by atoms with Gasteiger partial charge < -0.3 is 5.32 Å². The van der Waals surface area contributed by atoms with Crippen LogP contribution < -0.4 is 5.32 Å². The van der Waals surface area contributed by atoms with Crippen LogP contribution in [-0.2, 0) is 10.0 Å². The van der Waals surface area contributed by atoms with E-state index < -0.39 is 10.0 Å². The second-order valence-corrected chi connectivity index (χ2v) is 7.25. The van der Waals surface area contributed by atoms with Gasteiger partial charge in [-0.1, -0.05) is 6.07 Å². The van der Waals surface area contributed by atoms with Gasteiger partial charge in [0.15, 0.2) is 0 Å². The highest BCUT2D eigenvalue weighted by molar-refractivity contribution is 7.89. The summed E-state index contributed by atoms with van der Waals surface area (Å²) in [5, 5.41) is 3.06. The first kappa shape index (κ1) is 13.9. The van der Waals surface area contributed by atoms with E-state index >= 15 is 0 Å². The molecule has 0 bridgehead atoms. The Balaban J connectivity index is 2.05. The van der Waals surface area contributed by atoms with E-state index in [4.69, 9.17) is 0 Å². The van der Waals surface area contributed by atoms with Gasteiger partial charge in [-0.25, -0.2) is 8.42 Å². The third-order valence-electron chi connectivity index (χ3n) is 3.60. The number of fused-ring (bicyclic) bond motifs is 1. The van der Waals surface area contributed by atoms with Crippen molar-refractivity contribution in [3.8, 4) is 0 Å². The summed E-state index contributed by atoms with van der Waals surface area (Å²) in [6, 6.07) is 5.15. The Kier molecular flexibility index (Phi) is 3.72. The zero-order valence-corrected chi connectivity index (χ0v) is 12.7. The van der Waals surface area contributed by atoms with Gasteiger partial charge in [0, 0.05) is 19.1 Å². The first-order valence-electron chi connectivity index (χ1n) is 6.52. The molecule has 0 radical (unpaired) electrons. The van der Waals surface area contributed by atoms with E-state index in [0.29, 0.717) is 24.1 Å². The van der Waals surface area contributed by atoms with Gasteiger partial charge in [-0.05, 0) is 32.0 Å². The van der Waals surface area contributed by atoms with E-state index in [9.17, 15) is 8.42 Å². The largest absolute Gasteiger partial charge is 0.318 e. The van der Waals surface area contributed by atoms with Crippen molar-refractivity contribution < 1.29 is 8.42 Å². The second kappa shape index (κ2) is 5.36. The maximum atomic E-state index is 12.9. The fourth-order valence-corrected chi connectivity index (χ4v) is 5.13. The van der Waals surface area contributed by atoms with Crippen LogP contribution in [0.1, 0.15) is 12.8 Å². The minimum atomic E-state index is -3.51. The molecule has 1 aliphatic rings. The number of rotatable bonds is 4. The van der Waals surface area contributed by atoms with E-state index in [0.717, 1.165) is 24.6 Å². The standard InChI is InChI=1S/C12H16N4O2S2/c1-13-8-9-4-3-7-16(9)20(17,18)11-6-2-5-10-12(11)15-19-14-10/h2,5-6,9,13H,3-4,7-8H2,1H3. The smallest absolute Gasteiger partial charge is 0.245 e. The number of aromatic nitrogens is 2. The van der Waals surface area contributed by atoms with Gasteiger partial charge in [-0.3, -0.25) is 0 Å². The summed E-state index contributed by atoms with van der Waals surface area (Å²) in [5.74, 6) is 0. The van der Waals surface area contributed by atoms with Gasteiger partial charge >= 0.3 is 0 Å². The number of sulfonamides is 1. The summed E-state index contributed by atoms with van der Waals surface area (Å²) < 4.78 is 35.6. The summed E-state index contributed by atoms with van der Waals surface area (Å²) in [7, 11) is -1.67. The van der Waals surface area contributed by atoms with Crippen LogP contribution in [0.4, 0.5) is 0 Å². The van der Waals surface area contributed by atoms with Crippen LogP contribution in [0.5, 0.6) is 0 Å². The number of hydrogen-bond acceptors (Lipinski definition) is 6. The maximum absolute atomic E-state index is 12.9. The Morgan fingerprint density at radius 2 is 2.30 bits per heavy atom. The topological polar surface area (TPSA) is 75.2 Å². The molecule has 1 saturated heterocycles. The van der Waals surface area contributed by atoms with Crippen LogP contribution in [0.3, 0.4) is 0 Å². The lowest BCUT2D eigenvalue weighted by Crippen LogP contribution is -2.40. The summed E-state index contributed by atoms with van der Waals surface area (Å²) >= 11 is 1.04. The second-order valence-electron chi connectivity index (χ2n) is 4.86. The molecule has 1 aromatic heterocycles. The highest BCUT2D eigenvalue weighted by Gasteiger charge is 2.36. The summed E-state index contributed by atoms with van der Waals surface area (Å²) in [4.78, 5) is 0.270. The zero-order chi connectivity index (χ0) is 14.2. The molecule has 1 N–H and O–H groups in total. The molecule has 2 aromatic rings. The molecule has 20 heavy (non-hydrogen) atoms. The first-order valence-corrected chi connectivity index (χ1v) is 8.69. The minimum Gasteiger partial charge on any atom is -0.318 e. The molecule has 0 spiro atoms. The normalized spacial score (nSPS) is 20.8. The molecule has 1 fully saturated rings. The minimum absolute atomic E-state index is 0.0202. The van der Waals surface area contributed by atoms with Gasteiger partial charge in [0.1, 0.15) is 15.9 Å². The van der Waals surface area contributed by atoms with E-state index in [2.05, 4.69) is 14.1 Å². The lowest BCUT2D eigenvalue weighted by atomic mass is 10.2. The molecule has 0 saturated carbocycles. The lowest BCUT2D eigenvalue weighted by molar-refractivity contribution is 0.379. The first-order chi connectivity index (χ1) is 9.64. The highest BCUT2D eigenvalue weighted by atomic mass is 32.2. The molecular weight excluding hydrogens is 296 g/mol. The predicted octanol–water partition coefficient (Wildman–Crippen LogP) is 1.06. The Labute approximate surface area is 122 Å². The third-order valence-corrected chi connectivity index (χ3v) is 6.12. The van der Waals surface area contributed by atoms with E-state index in [1.165, 1.54) is 0 Å². The molecule has 1 aliphatic heterocycles. The molecule has 1 aromatic carbocycles. The summed E-state index contributed by atoms with van der Waals surface area (Å²) in [6.07, 6.45) is 1.79. The van der Waals surface area contributed by atoms with Gasteiger partial charge in [-0.2, -0.15) is 13.1 Å². The van der Waals surface area contributed by atoms with Gasteiger partial charge in [-0.15, -0.1) is 0 Å². The molecular formula is C12H16N4O2S2. The van der Waals surface area contributed by atoms with Gasteiger partial charge in [0.25, 0.3) is 0 Å². The Hall–Kier alpha value is -1.09. The number of benzene rings is 1. The van der Waals surface area contributed by atoms with E-state index in [1.54, 1.807) is 22.5 Å². The Morgan fingerprint density at radius 3 is 3.10 bits per heavy atom. The molecule has 1 unspecified atom stereocenters. The number of hydrogen-bond donors (Lipinski definition) is 1. The molecule has 108 valence electrons. The van der Waals surface area contributed by atoms with Crippen LogP contribution in [-0.4, -0.2) is 47.6 Å². The third kappa shape index (κ3) is 2.22. The van der Waals surface area contributed by atoms with Crippen LogP contribution in [0.2, 0.25) is 0 Å². The van der Waals surface area contributed by atoms with Gasteiger partial charge in [0.05, 0.1) is 11.7 Å². The summed E-state index contributed by atoms with van der Waals surface area (Å²) in [6.45, 7) is 1.24. The van der Waals surface area contributed by atoms with Crippen molar-refractivity contribution >= 4 is 32.8 Å².